The summed E-state index contributed by atoms with van der Waals surface area (Å²) < 4.78 is 21.7. The van der Waals surface area contributed by atoms with Crippen LogP contribution in [0.4, 0.5) is 15.8 Å². The number of pyridine rings is 1. The molecule has 0 bridgehead atoms. The smallest absolute Gasteiger partial charge is 0.237 e. The number of fused-ring (bicyclic) bond motifs is 2. The van der Waals surface area contributed by atoms with E-state index in [1.165, 1.54) is 12.1 Å². The van der Waals surface area contributed by atoms with Crippen LogP contribution in [0.3, 0.4) is 0 Å². The summed E-state index contributed by atoms with van der Waals surface area (Å²) in [6, 6.07) is 19.7. The molecule has 5 rings (SSSR count). The Kier molecular flexibility index (Phi) is 6.33. The minimum Gasteiger partial charge on any atom is -0.480 e. The van der Waals surface area contributed by atoms with Crippen LogP contribution >= 0.6 is 11.6 Å². The Bertz CT molecular complexity index is 1550. The first-order chi connectivity index (χ1) is 17.1. The van der Waals surface area contributed by atoms with Gasteiger partial charge in [0, 0.05) is 29.5 Å². The summed E-state index contributed by atoms with van der Waals surface area (Å²) in [5, 5.41) is 4.79. The van der Waals surface area contributed by atoms with Gasteiger partial charge in [0.1, 0.15) is 11.5 Å². The molecule has 1 N–H and O–H groups in total. The monoisotopic (exact) mass is 487 g/mol. The normalized spacial score (nSPS) is 11.8. The van der Waals surface area contributed by atoms with Crippen molar-refractivity contribution in [3.63, 3.8) is 0 Å². The van der Waals surface area contributed by atoms with Crippen LogP contribution < -0.4 is 15.4 Å². The van der Waals surface area contributed by atoms with Crippen LogP contribution in [0.25, 0.3) is 28.1 Å². The number of benzene rings is 3. The highest BCUT2D eigenvalue weighted by Gasteiger charge is 2.18. The predicted octanol–water partition coefficient (Wildman–Crippen LogP) is 6.38. The molecule has 0 saturated carbocycles. The number of anilines is 2. The molecule has 0 spiro atoms. The van der Waals surface area contributed by atoms with Crippen molar-refractivity contribution in [3.8, 4) is 23.0 Å². The maximum Gasteiger partial charge on any atom is 0.237 e. The Hall–Kier alpha value is -3.97. The molecule has 1 aliphatic carbocycles. The van der Waals surface area contributed by atoms with E-state index in [-0.39, 0.29) is 5.82 Å². The number of nitrogens with one attached hydrogen (secondary N) is 1. The minimum absolute atomic E-state index is 0.334. The van der Waals surface area contributed by atoms with Gasteiger partial charge in [0.05, 0.1) is 40.6 Å². The van der Waals surface area contributed by atoms with E-state index in [9.17, 15) is 4.39 Å². The molecule has 0 amide bonds. The van der Waals surface area contributed by atoms with Crippen LogP contribution in [0.5, 0.6) is 5.88 Å². The molecule has 0 unspecified atom stereocenters. The van der Waals surface area contributed by atoms with Gasteiger partial charge in [-0.05, 0) is 67.1 Å². The van der Waals surface area contributed by atoms with Gasteiger partial charge in [0.2, 0.25) is 5.88 Å². The molecule has 176 valence electrons. The number of rotatable bonds is 6. The van der Waals surface area contributed by atoms with E-state index in [2.05, 4.69) is 17.2 Å². The Morgan fingerprint density at radius 3 is 2.66 bits per heavy atom. The van der Waals surface area contributed by atoms with Gasteiger partial charge >= 0.3 is 0 Å². The second-order valence-corrected chi connectivity index (χ2v) is 8.42. The van der Waals surface area contributed by atoms with Gasteiger partial charge in [-0.25, -0.2) is 14.4 Å². The fraction of sp³-hybridized carbons (Fsp3) is 0.148. The summed E-state index contributed by atoms with van der Waals surface area (Å²) in [5.41, 5.74) is 5.16. The fourth-order valence-corrected chi connectivity index (χ4v) is 4.12. The topological polar surface area (TPSA) is 64.3 Å². The standard InChI is InChI=1S/C27H23ClFN5O/c1-3-12-30-22-16-26-24(15-23(22)33-21-5-4-13-31-27(21)35-2)32-20-11-8-18(29)14-25(20)34(26)19-9-6-17(28)7-10-19/h4-11,13-16,33H,3,12H2,1-2H3. The molecule has 0 atom stereocenters. The molecule has 35 heavy (non-hydrogen) atoms. The van der Waals surface area contributed by atoms with E-state index in [1.807, 2.05) is 53.1 Å². The summed E-state index contributed by atoms with van der Waals surface area (Å²) in [6.45, 7) is 2.73. The number of hydrogen-bond donors (Lipinski definition) is 1. The van der Waals surface area contributed by atoms with Crippen LogP contribution in [0, 0.1) is 5.82 Å². The first kappa shape index (κ1) is 22.8. The second kappa shape index (κ2) is 9.72. The average molecular weight is 488 g/mol. The van der Waals surface area contributed by atoms with E-state index in [0.29, 0.717) is 28.5 Å². The van der Waals surface area contributed by atoms with Gasteiger partial charge in [0.15, 0.2) is 0 Å². The van der Waals surface area contributed by atoms with Crippen molar-refractivity contribution in [2.75, 3.05) is 19.0 Å². The first-order valence-corrected chi connectivity index (χ1v) is 11.6. The van der Waals surface area contributed by atoms with E-state index in [1.54, 1.807) is 19.4 Å². The number of ether oxygens (including phenoxy) is 1. The molecule has 3 aromatic rings. The maximum absolute atomic E-state index is 14.3. The predicted molar refractivity (Wildman–Crippen MR) is 137 cm³/mol. The summed E-state index contributed by atoms with van der Waals surface area (Å²) in [6.07, 6.45) is 2.57. The van der Waals surface area contributed by atoms with E-state index >= 15 is 0 Å². The zero-order valence-corrected chi connectivity index (χ0v) is 20.1. The lowest BCUT2D eigenvalue weighted by molar-refractivity contribution is 0.400. The van der Waals surface area contributed by atoms with Crippen LogP contribution in [0.15, 0.2) is 77.9 Å². The third kappa shape index (κ3) is 4.55. The lowest BCUT2D eigenvalue weighted by Gasteiger charge is -2.20. The quantitative estimate of drug-likeness (QED) is 0.282. The molecule has 0 radical (unpaired) electrons. The van der Waals surface area contributed by atoms with Crippen LogP contribution in [0.1, 0.15) is 13.3 Å². The molecular formula is C27H23ClFN5O. The Morgan fingerprint density at radius 2 is 1.89 bits per heavy atom. The molecule has 2 aromatic carbocycles. The highest BCUT2D eigenvalue weighted by atomic mass is 35.5. The Balaban J connectivity index is 1.81. The van der Waals surface area contributed by atoms with Gasteiger partial charge in [-0.1, -0.05) is 18.5 Å². The third-order valence-electron chi connectivity index (χ3n) is 5.58. The molecule has 1 aromatic heterocycles. The zero-order chi connectivity index (χ0) is 24.4. The van der Waals surface area contributed by atoms with Crippen molar-refractivity contribution in [1.82, 2.24) is 14.5 Å². The van der Waals surface area contributed by atoms with Crippen LogP contribution in [-0.2, 0) is 0 Å². The molecule has 0 fully saturated rings. The van der Waals surface area contributed by atoms with Crippen LogP contribution in [0.2, 0.25) is 5.02 Å². The molecule has 2 heterocycles. The molecule has 0 saturated heterocycles. The summed E-state index contributed by atoms with van der Waals surface area (Å²) in [4.78, 5) is 13.9. The molecule has 6 nitrogen and oxygen atoms in total. The number of aromatic nitrogens is 3. The fourth-order valence-electron chi connectivity index (χ4n) is 3.99. The molecular weight excluding hydrogens is 465 g/mol. The lowest BCUT2D eigenvalue weighted by Crippen LogP contribution is -2.15. The van der Waals surface area contributed by atoms with Crippen LogP contribution in [-0.4, -0.2) is 28.2 Å². The number of nitrogens with zero attached hydrogens (tertiary/aromatic N) is 4. The third-order valence-corrected chi connectivity index (χ3v) is 5.83. The Morgan fingerprint density at radius 1 is 1.06 bits per heavy atom. The van der Waals surface area contributed by atoms with Gasteiger partial charge in [-0.2, -0.15) is 0 Å². The minimum atomic E-state index is -0.334. The molecule has 1 aliphatic heterocycles. The average Bonchev–Trinajstić information content (AvgIpc) is 2.87. The van der Waals surface area contributed by atoms with Gasteiger partial charge < -0.3 is 14.6 Å². The van der Waals surface area contributed by atoms with Gasteiger partial charge in [-0.3, -0.25) is 4.99 Å². The first-order valence-electron chi connectivity index (χ1n) is 11.3. The zero-order valence-electron chi connectivity index (χ0n) is 19.3. The van der Waals surface area contributed by atoms with Crippen molar-refractivity contribution in [2.24, 2.45) is 4.99 Å². The lowest BCUT2D eigenvalue weighted by atomic mass is 10.1. The van der Waals surface area contributed by atoms with Crippen molar-refractivity contribution < 1.29 is 9.13 Å². The van der Waals surface area contributed by atoms with Crippen molar-refractivity contribution in [1.29, 1.82) is 0 Å². The van der Waals surface area contributed by atoms with E-state index in [0.717, 1.165) is 40.2 Å². The van der Waals surface area contributed by atoms with E-state index < -0.39 is 0 Å². The van der Waals surface area contributed by atoms with Gasteiger partial charge in [-0.15, -0.1) is 0 Å². The molecule has 2 aliphatic rings. The van der Waals surface area contributed by atoms with Gasteiger partial charge in [0.25, 0.3) is 0 Å². The summed E-state index contributed by atoms with van der Waals surface area (Å²) in [5.74, 6) is 0.145. The summed E-state index contributed by atoms with van der Waals surface area (Å²) in [7, 11) is 1.58. The Labute approximate surface area is 207 Å². The SMILES string of the molecule is CCCN=c1cc2n(-c3ccc(Cl)cc3)c3cc(F)ccc3nc-2cc1Nc1cccnc1OC. The largest absolute Gasteiger partial charge is 0.480 e. The van der Waals surface area contributed by atoms with Crippen molar-refractivity contribution in [3.05, 3.63) is 89.1 Å². The number of methoxy groups -OCH3 is 1. The number of hydrogen-bond acceptors (Lipinski definition) is 5. The highest BCUT2D eigenvalue weighted by molar-refractivity contribution is 6.30. The maximum atomic E-state index is 14.3. The second-order valence-electron chi connectivity index (χ2n) is 7.98. The van der Waals surface area contributed by atoms with Crippen molar-refractivity contribution in [2.45, 2.75) is 13.3 Å². The molecule has 8 heteroatoms. The highest BCUT2D eigenvalue weighted by Crippen LogP contribution is 2.32. The summed E-state index contributed by atoms with van der Waals surface area (Å²) >= 11 is 6.15. The van der Waals surface area contributed by atoms with Crippen molar-refractivity contribution >= 4 is 34.0 Å². The van der Waals surface area contributed by atoms with E-state index in [4.69, 9.17) is 26.3 Å². The number of halogens is 2.